The Morgan fingerprint density at radius 1 is 1.43 bits per heavy atom. The Kier molecular flexibility index (Phi) is 5.08. The van der Waals surface area contributed by atoms with Gasteiger partial charge in [-0.05, 0) is 13.8 Å². The Morgan fingerprint density at radius 3 is 2.29 bits per heavy atom. The minimum Gasteiger partial charge on any atom is -0.467 e. The molecule has 0 aromatic rings. The van der Waals surface area contributed by atoms with E-state index in [0.717, 1.165) is 0 Å². The lowest BCUT2D eigenvalue weighted by Gasteiger charge is -2.29. The quantitative estimate of drug-likeness (QED) is 0.678. The van der Waals surface area contributed by atoms with Crippen LogP contribution in [0.4, 0.5) is 0 Å². The number of rotatable bonds is 5. The van der Waals surface area contributed by atoms with Gasteiger partial charge in [0.05, 0.1) is 19.8 Å². The van der Waals surface area contributed by atoms with E-state index in [2.05, 4.69) is 4.74 Å². The average Bonchev–Trinajstić information content (AvgIpc) is 2.12. The molecule has 0 aliphatic heterocycles. The van der Waals surface area contributed by atoms with Crippen molar-refractivity contribution in [1.29, 1.82) is 0 Å². The Balaban J connectivity index is 4.22. The highest BCUT2D eigenvalue weighted by Gasteiger charge is 2.34. The first-order chi connectivity index (χ1) is 6.31. The SMILES string of the molecule is COC(=O)C(O)C(C)(C)COC(C)C. The highest BCUT2D eigenvalue weighted by Crippen LogP contribution is 2.22. The van der Waals surface area contributed by atoms with Crippen molar-refractivity contribution in [3.63, 3.8) is 0 Å². The summed E-state index contributed by atoms with van der Waals surface area (Å²) >= 11 is 0. The molecule has 0 heterocycles. The molecule has 0 amide bonds. The molecule has 0 spiro atoms. The zero-order valence-corrected chi connectivity index (χ0v) is 9.53. The summed E-state index contributed by atoms with van der Waals surface area (Å²) in [6, 6.07) is 0. The number of carbonyl (C=O) groups excluding carboxylic acids is 1. The van der Waals surface area contributed by atoms with Gasteiger partial charge in [0.1, 0.15) is 0 Å². The molecule has 84 valence electrons. The number of aliphatic hydroxyl groups is 1. The van der Waals surface area contributed by atoms with E-state index >= 15 is 0 Å². The summed E-state index contributed by atoms with van der Waals surface area (Å²) in [5.41, 5.74) is -0.628. The summed E-state index contributed by atoms with van der Waals surface area (Å²) in [6.45, 7) is 7.65. The fourth-order valence-electron chi connectivity index (χ4n) is 0.891. The second-order valence-corrected chi connectivity index (χ2v) is 4.27. The molecule has 1 N–H and O–H groups in total. The minimum absolute atomic E-state index is 0.0825. The second kappa shape index (κ2) is 5.32. The molecule has 1 atom stereocenters. The molecule has 0 aromatic carbocycles. The summed E-state index contributed by atoms with van der Waals surface area (Å²) in [7, 11) is 1.25. The van der Waals surface area contributed by atoms with Crippen LogP contribution < -0.4 is 0 Å². The molecule has 14 heavy (non-hydrogen) atoms. The highest BCUT2D eigenvalue weighted by atomic mass is 16.5. The molecule has 1 unspecified atom stereocenters. The predicted molar refractivity (Wildman–Crippen MR) is 52.9 cm³/mol. The minimum atomic E-state index is -1.15. The van der Waals surface area contributed by atoms with Crippen LogP contribution in [0.15, 0.2) is 0 Å². The first-order valence-corrected chi connectivity index (χ1v) is 4.68. The normalized spacial score (nSPS) is 14.2. The van der Waals surface area contributed by atoms with Gasteiger partial charge in [0, 0.05) is 5.41 Å². The van der Waals surface area contributed by atoms with E-state index in [1.165, 1.54) is 7.11 Å². The monoisotopic (exact) mass is 204 g/mol. The smallest absolute Gasteiger partial charge is 0.335 e. The van der Waals surface area contributed by atoms with Gasteiger partial charge in [-0.25, -0.2) is 4.79 Å². The molecular weight excluding hydrogens is 184 g/mol. The van der Waals surface area contributed by atoms with E-state index in [1.54, 1.807) is 13.8 Å². The third-order valence-electron chi connectivity index (χ3n) is 1.95. The molecule has 0 saturated heterocycles. The van der Waals surface area contributed by atoms with Gasteiger partial charge in [-0.15, -0.1) is 0 Å². The van der Waals surface area contributed by atoms with Crippen LogP contribution in [0.25, 0.3) is 0 Å². The van der Waals surface area contributed by atoms with Crippen molar-refractivity contribution in [1.82, 2.24) is 0 Å². The number of methoxy groups -OCH3 is 1. The Labute approximate surface area is 85.2 Å². The Bertz CT molecular complexity index is 187. The zero-order chi connectivity index (χ0) is 11.4. The van der Waals surface area contributed by atoms with E-state index in [0.29, 0.717) is 6.61 Å². The molecule has 0 bridgehead atoms. The van der Waals surface area contributed by atoms with Crippen molar-refractivity contribution in [3.8, 4) is 0 Å². The number of carbonyl (C=O) groups is 1. The van der Waals surface area contributed by atoms with Gasteiger partial charge in [-0.2, -0.15) is 0 Å². The van der Waals surface area contributed by atoms with Gasteiger partial charge in [0.2, 0.25) is 0 Å². The van der Waals surface area contributed by atoms with Gasteiger partial charge in [0.25, 0.3) is 0 Å². The molecule has 4 nitrogen and oxygen atoms in total. The molecule has 0 aromatic heterocycles. The van der Waals surface area contributed by atoms with Crippen molar-refractivity contribution in [2.75, 3.05) is 13.7 Å². The summed E-state index contributed by atoms with van der Waals surface area (Å²) in [6.07, 6.45) is -1.06. The Hall–Kier alpha value is -0.610. The molecule has 0 aliphatic rings. The molecule has 0 aliphatic carbocycles. The predicted octanol–water partition coefficient (Wildman–Crippen LogP) is 0.971. The average molecular weight is 204 g/mol. The Morgan fingerprint density at radius 2 is 1.93 bits per heavy atom. The van der Waals surface area contributed by atoms with Crippen molar-refractivity contribution in [2.24, 2.45) is 5.41 Å². The van der Waals surface area contributed by atoms with Gasteiger partial charge in [-0.1, -0.05) is 13.8 Å². The third-order valence-corrected chi connectivity index (χ3v) is 1.95. The second-order valence-electron chi connectivity index (χ2n) is 4.27. The molecule has 0 fully saturated rings. The number of ether oxygens (including phenoxy) is 2. The van der Waals surface area contributed by atoms with Crippen LogP contribution >= 0.6 is 0 Å². The molecule has 4 heteroatoms. The first kappa shape index (κ1) is 13.4. The summed E-state index contributed by atoms with van der Waals surface area (Å²) < 4.78 is 9.82. The van der Waals surface area contributed by atoms with Gasteiger partial charge in [0.15, 0.2) is 6.10 Å². The summed E-state index contributed by atoms with van der Waals surface area (Å²) in [5, 5.41) is 9.60. The zero-order valence-electron chi connectivity index (χ0n) is 9.53. The molecule has 0 saturated carbocycles. The first-order valence-electron chi connectivity index (χ1n) is 4.68. The van der Waals surface area contributed by atoms with E-state index in [4.69, 9.17) is 4.74 Å². The maximum Gasteiger partial charge on any atom is 0.335 e. The molecular formula is C10H20O4. The highest BCUT2D eigenvalue weighted by molar-refractivity contribution is 5.75. The number of esters is 1. The summed E-state index contributed by atoms with van der Waals surface area (Å²) in [5.74, 6) is -0.623. The van der Waals surface area contributed by atoms with E-state index in [-0.39, 0.29) is 6.10 Å². The standard InChI is InChI=1S/C10H20O4/c1-7(2)14-6-10(3,4)8(11)9(12)13-5/h7-8,11H,6H2,1-5H3. The van der Waals surface area contributed by atoms with Crippen molar-refractivity contribution in [2.45, 2.75) is 39.9 Å². The van der Waals surface area contributed by atoms with Crippen LogP contribution in [-0.2, 0) is 14.3 Å². The van der Waals surface area contributed by atoms with Crippen molar-refractivity contribution < 1.29 is 19.4 Å². The lowest BCUT2D eigenvalue weighted by molar-refractivity contribution is -0.160. The summed E-state index contributed by atoms with van der Waals surface area (Å²) in [4.78, 5) is 11.1. The van der Waals surface area contributed by atoms with Gasteiger partial charge in [-0.3, -0.25) is 0 Å². The van der Waals surface area contributed by atoms with Crippen molar-refractivity contribution in [3.05, 3.63) is 0 Å². The van der Waals surface area contributed by atoms with Crippen LogP contribution in [0, 0.1) is 5.41 Å². The van der Waals surface area contributed by atoms with Crippen LogP contribution in [-0.4, -0.2) is 37.0 Å². The van der Waals surface area contributed by atoms with E-state index < -0.39 is 17.5 Å². The maximum atomic E-state index is 11.1. The fourth-order valence-corrected chi connectivity index (χ4v) is 0.891. The van der Waals surface area contributed by atoms with E-state index in [1.807, 2.05) is 13.8 Å². The van der Waals surface area contributed by atoms with Crippen LogP contribution in [0.2, 0.25) is 0 Å². The van der Waals surface area contributed by atoms with Crippen LogP contribution in [0.5, 0.6) is 0 Å². The number of hydrogen-bond acceptors (Lipinski definition) is 4. The van der Waals surface area contributed by atoms with Crippen LogP contribution in [0.1, 0.15) is 27.7 Å². The van der Waals surface area contributed by atoms with Gasteiger partial charge < -0.3 is 14.6 Å². The topological polar surface area (TPSA) is 55.8 Å². The fraction of sp³-hybridized carbons (Fsp3) is 0.900. The van der Waals surface area contributed by atoms with Crippen molar-refractivity contribution >= 4 is 5.97 Å². The lowest BCUT2D eigenvalue weighted by atomic mass is 9.87. The van der Waals surface area contributed by atoms with E-state index in [9.17, 15) is 9.90 Å². The maximum absolute atomic E-state index is 11.1. The molecule has 0 rings (SSSR count). The largest absolute Gasteiger partial charge is 0.467 e. The van der Waals surface area contributed by atoms with Gasteiger partial charge >= 0.3 is 5.97 Å². The third kappa shape index (κ3) is 4.07. The lowest BCUT2D eigenvalue weighted by Crippen LogP contribution is -2.41. The molecule has 0 radical (unpaired) electrons. The van der Waals surface area contributed by atoms with Crippen LogP contribution in [0.3, 0.4) is 0 Å². The number of aliphatic hydroxyl groups excluding tert-OH is 1. The number of hydrogen-bond donors (Lipinski definition) is 1.